The molecule has 0 fully saturated rings. The predicted octanol–water partition coefficient (Wildman–Crippen LogP) is 3.24. The van der Waals surface area contributed by atoms with Gasteiger partial charge in [-0.1, -0.05) is 24.6 Å². The molecule has 6 heteroatoms. The van der Waals surface area contributed by atoms with Gasteiger partial charge in [0.05, 0.1) is 4.90 Å². The first-order chi connectivity index (χ1) is 11.3. The smallest absolute Gasteiger partial charge is 0.255 e. The maximum absolute atomic E-state index is 12.3. The summed E-state index contributed by atoms with van der Waals surface area (Å²) >= 11 is 0. The second kappa shape index (κ2) is 7.59. The maximum atomic E-state index is 12.3. The third-order valence-electron chi connectivity index (χ3n) is 3.60. The van der Waals surface area contributed by atoms with E-state index in [0.717, 1.165) is 23.2 Å². The molecule has 0 bridgehead atoms. The van der Waals surface area contributed by atoms with E-state index in [1.807, 2.05) is 39.0 Å². The van der Waals surface area contributed by atoms with Crippen LogP contribution in [0.15, 0.2) is 47.4 Å². The summed E-state index contributed by atoms with van der Waals surface area (Å²) in [5.74, 6) is -0.271. The lowest BCUT2D eigenvalue weighted by atomic mass is 10.1. The van der Waals surface area contributed by atoms with Gasteiger partial charge in [0.25, 0.3) is 5.91 Å². The average Bonchev–Trinajstić information content (AvgIpc) is 2.55. The molecule has 0 aliphatic carbocycles. The molecule has 0 unspecified atom stereocenters. The van der Waals surface area contributed by atoms with Gasteiger partial charge < -0.3 is 5.32 Å². The summed E-state index contributed by atoms with van der Waals surface area (Å²) in [6.45, 7) is 6.20. The van der Waals surface area contributed by atoms with Crippen molar-refractivity contribution in [2.24, 2.45) is 0 Å². The van der Waals surface area contributed by atoms with E-state index in [4.69, 9.17) is 0 Å². The van der Waals surface area contributed by atoms with E-state index < -0.39 is 10.0 Å². The quantitative estimate of drug-likeness (QED) is 0.843. The summed E-state index contributed by atoms with van der Waals surface area (Å²) < 4.78 is 26.6. The Labute approximate surface area is 143 Å². The third kappa shape index (κ3) is 4.43. The van der Waals surface area contributed by atoms with Gasteiger partial charge in [-0.05, 0) is 56.2 Å². The number of aryl methyl sites for hydroxylation is 2. The van der Waals surface area contributed by atoms with E-state index in [2.05, 4.69) is 10.0 Å². The minimum absolute atomic E-state index is 0.152. The van der Waals surface area contributed by atoms with Crippen molar-refractivity contribution in [1.82, 2.24) is 4.72 Å². The molecule has 2 rings (SSSR count). The van der Waals surface area contributed by atoms with Crippen LogP contribution in [0.25, 0.3) is 0 Å². The standard InChI is InChI=1S/C18H22N2O3S/c1-4-11-19-24(22,23)16-8-6-15(7-9-16)18(21)20-17-10-5-13(2)12-14(17)3/h5-10,12,19H,4,11H2,1-3H3,(H,20,21). The first-order valence-corrected chi connectivity index (χ1v) is 9.30. The van der Waals surface area contributed by atoms with E-state index in [9.17, 15) is 13.2 Å². The molecule has 0 aliphatic heterocycles. The van der Waals surface area contributed by atoms with Crippen LogP contribution in [-0.4, -0.2) is 20.9 Å². The molecular formula is C18H22N2O3S. The lowest BCUT2D eigenvalue weighted by molar-refractivity contribution is 0.102. The molecule has 0 saturated heterocycles. The predicted molar refractivity (Wildman–Crippen MR) is 95.8 cm³/mol. The number of sulfonamides is 1. The highest BCUT2D eigenvalue weighted by atomic mass is 32.2. The fraction of sp³-hybridized carbons (Fsp3) is 0.278. The minimum Gasteiger partial charge on any atom is -0.322 e. The lowest BCUT2D eigenvalue weighted by Gasteiger charge is -2.10. The topological polar surface area (TPSA) is 75.3 Å². The summed E-state index contributed by atoms with van der Waals surface area (Å²) in [6, 6.07) is 11.7. The van der Waals surface area contributed by atoms with Crippen LogP contribution < -0.4 is 10.0 Å². The van der Waals surface area contributed by atoms with Crippen molar-refractivity contribution in [2.45, 2.75) is 32.1 Å². The Morgan fingerprint density at radius 1 is 1.04 bits per heavy atom. The monoisotopic (exact) mass is 346 g/mol. The highest BCUT2D eigenvalue weighted by Gasteiger charge is 2.14. The number of amides is 1. The summed E-state index contributed by atoms with van der Waals surface area (Å²) in [6.07, 6.45) is 0.718. The normalized spacial score (nSPS) is 11.3. The second-order valence-corrected chi connectivity index (χ2v) is 7.46. The van der Waals surface area contributed by atoms with Crippen molar-refractivity contribution in [3.63, 3.8) is 0 Å². The van der Waals surface area contributed by atoms with Crippen LogP contribution in [0.4, 0.5) is 5.69 Å². The van der Waals surface area contributed by atoms with Crippen LogP contribution in [0.1, 0.15) is 34.8 Å². The first-order valence-electron chi connectivity index (χ1n) is 7.82. The van der Waals surface area contributed by atoms with Crippen LogP contribution in [-0.2, 0) is 10.0 Å². The van der Waals surface area contributed by atoms with Crippen LogP contribution >= 0.6 is 0 Å². The van der Waals surface area contributed by atoms with Crippen molar-refractivity contribution in [2.75, 3.05) is 11.9 Å². The average molecular weight is 346 g/mol. The number of benzene rings is 2. The van der Waals surface area contributed by atoms with E-state index in [-0.39, 0.29) is 10.8 Å². The van der Waals surface area contributed by atoms with Gasteiger partial charge in [-0.3, -0.25) is 4.79 Å². The van der Waals surface area contributed by atoms with Gasteiger partial charge in [-0.25, -0.2) is 13.1 Å². The van der Waals surface area contributed by atoms with Crippen LogP contribution in [0.2, 0.25) is 0 Å². The number of nitrogens with one attached hydrogen (secondary N) is 2. The Hall–Kier alpha value is -2.18. The number of carbonyl (C=O) groups excluding carboxylic acids is 1. The van der Waals surface area contributed by atoms with Gasteiger partial charge in [0, 0.05) is 17.8 Å². The van der Waals surface area contributed by atoms with Crippen molar-refractivity contribution in [1.29, 1.82) is 0 Å². The second-order valence-electron chi connectivity index (χ2n) is 5.69. The zero-order chi connectivity index (χ0) is 17.7. The molecule has 0 aromatic heterocycles. The molecule has 5 nitrogen and oxygen atoms in total. The largest absolute Gasteiger partial charge is 0.322 e. The Morgan fingerprint density at radius 2 is 1.71 bits per heavy atom. The fourth-order valence-electron chi connectivity index (χ4n) is 2.25. The minimum atomic E-state index is -3.52. The zero-order valence-electron chi connectivity index (χ0n) is 14.1. The van der Waals surface area contributed by atoms with Gasteiger partial charge in [0.1, 0.15) is 0 Å². The van der Waals surface area contributed by atoms with Crippen LogP contribution in [0.5, 0.6) is 0 Å². The summed E-state index contributed by atoms with van der Waals surface area (Å²) in [5.41, 5.74) is 3.25. The summed E-state index contributed by atoms with van der Waals surface area (Å²) in [5, 5.41) is 2.84. The molecule has 0 saturated carbocycles. The number of hydrogen-bond acceptors (Lipinski definition) is 3. The Morgan fingerprint density at radius 3 is 2.29 bits per heavy atom. The van der Waals surface area contributed by atoms with Gasteiger partial charge in [0.15, 0.2) is 0 Å². The number of hydrogen-bond donors (Lipinski definition) is 2. The lowest BCUT2D eigenvalue weighted by Crippen LogP contribution is -2.24. The van der Waals surface area contributed by atoms with Gasteiger partial charge in [0.2, 0.25) is 10.0 Å². The Kier molecular flexibility index (Phi) is 5.75. The molecule has 1 amide bonds. The molecule has 0 atom stereocenters. The zero-order valence-corrected chi connectivity index (χ0v) is 14.9. The summed E-state index contributed by atoms with van der Waals surface area (Å²) in [7, 11) is -3.52. The highest BCUT2D eigenvalue weighted by molar-refractivity contribution is 7.89. The molecular weight excluding hydrogens is 324 g/mol. The molecule has 24 heavy (non-hydrogen) atoms. The molecule has 0 heterocycles. The fourth-order valence-corrected chi connectivity index (χ4v) is 3.39. The van der Waals surface area contributed by atoms with E-state index in [0.29, 0.717) is 12.1 Å². The van der Waals surface area contributed by atoms with Crippen molar-refractivity contribution in [3.05, 3.63) is 59.2 Å². The van der Waals surface area contributed by atoms with Gasteiger partial charge in [-0.15, -0.1) is 0 Å². The SMILES string of the molecule is CCCNS(=O)(=O)c1ccc(C(=O)Nc2ccc(C)cc2C)cc1. The molecule has 128 valence electrons. The van der Waals surface area contributed by atoms with E-state index in [1.165, 1.54) is 24.3 Å². The van der Waals surface area contributed by atoms with E-state index in [1.54, 1.807) is 0 Å². The Balaban J connectivity index is 2.14. The molecule has 0 spiro atoms. The molecule has 2 aromatic carbocycles. The van der Waals surface area contributed by atoms with Gasteiger partial charge in [-0.2, -0.15) is 0 Å². The summed E-state index contributed by atoms with van der Waals surface area (Å²) in [4.78, 5) is 12.5. The number of rotatable bonds is 6. The molecule has 2 N–H and O–H groups in total. The van der Waals surface area contributed by atoms with Crippen molar-refractivity contribution >= 4 is 21.6 Å². The van der Waals surface area contributed by atoms with E-state index >= 15 is 0 Å². The third-order valence-corrected chi connectivity index (χ3v) is 5.08. The molecule has 0 aliphatic rings. The van der Waals surface area contributed by atoms with Crippen LogP contribution in [0, 0.1) is 13.8 Å². The van der Waals surface area contributed by atoms with Crippen LogP contribution in [0.3, 0.4) is 0 Å². The number of carbonyl (C=O) groups is 1. The number of anilines is 1. The Bertz CT molecular complexity index is 828. The molecule has 0 radical (unpaired) electrons. The molecule has 2 aromatic rings. The van der Waals surface area contributed by atoms with Crippen molar-refractivity contribution in [3.8, 4) is 0 Å². The van der Waals surface area contributed by atoms with Gasteiger partial charge >= 0.3 is 0 Å². The maximum Gasteiger partial charge on any atom is 0.255 e. The highest BCUT2D eigenvalue weighted by Crippen LogP contribution is 2.18. The van der Waals surface area contributed by atoms with Crippen molar-refractivity contribution < 1.29 is 13.2 Å². The first kappa shape index (κ1) is 18.2.